The van der Waals surface area contributed by atoms with Crippen LogP contribution >= 0.6 is 0 Å². The van der Waals surface area contributed by atoms with E-state index in [0.29, 0.717) is 24.4 Å². The van der Waals surface area contributed by atoms with Crippen molar-refractivity contribution in [1.82, 2.24) is 14.9 Å². The van der Waals surface area contributed by atoms with E-state index in [2.05, 4.69) is 9.97 Å². The summed E-state index contributed by atoms with van der Waals surface area (Å²) in [5.41, 5.74) is 6.97. The lowest BCUT2D eigenvalue weighted by molar-refractivity contribution is 0.0159. The Morgan fingerprint density at radius 2 is 2.29 bits per heavy atom. The molecule has 0 aromatic carbocycles. The van der Waals surface area contributed by atoms with Gasteiger partial charge in [-0.05, 0) is 30.7 Å². The molecule has 0 bridgehead atoms. The van der Waals surface area contributed by atoms with Crippen LogP contribution < -0.4 is 5.73 Å². The molecule has 6 heteroatoms. The van der Waals surface area contributed by atoms with E-state index in [0.717, 1.165) is 11.8 Å². The third-order valence-corrected chi connectivity index (χ3v) is 3.88. The minimum absolute atomic E-state index is 0.0229. The maximum Gasteiger partial charge on any atom is 0.272 e. The lowest BCUT2D eigenvalue weighted by Crippen LogP contribution is -2.53. The van der Waals surface area contributed by atoms with Crippen LogP contribution in [0.3, 0.4) is 0 Å². The molecule has 0 saturated carbocycles. The van der Waals surface area contributed by atoms with Crippen LogP contribution in [0.4, 0.5) is 0 Å². The Balaban J connectivity index is 1.83. The van der Waals surface area contributed by atoms with Crippen molar-refractivity contribution in [2.24, 2.45) is 5.73 Å². The first-order valence-electron chi connectivity index (χ1n) is 6.98. The van der Waals surface area contributed by atoms with Crippen molar-refractivity contribution >= 4 is 16.9 Å². The van der Waals surface area contributed by atoms with E-state index < -0.39 is 0 Å². The van der Waals surface area contributed by atoms with Crippen molar-refractivity contribution in [1.29, 1.82) is 0 Å². The highest BCUT2D eigenvalue weighted by Gasteiger charge is 2.30. The summed E-state index contributed by atoms with van der Waals surface area (Å²) < 4.78 is 5.34. The second-order valence-corrected chi connectivity index (χ2v) is 5.22. The largest absolute Gasteiger partial charge is 0.378 e. The number of fused-ring (bicyclic) bond motifs is 1. The number of carbonyl (C=O) groups is 1. The summed E-state index contributed by atoms with van der Waals surface area (Å²) in [5.74, 6) is -0.100. The number of nitrogens with zero attached hydrogens (tertiary/aromatic N) is 3. The number of methoxy groups -OCH3 is 1. The normalized spacial score (nSPS) is 22.5. The fraction of sp³-hybridized carbons (Fsp3) is 0.400. The molecule has 110 valence electrons. The molecule has 0 spiro atoms. The van der Waals surface area contributed by atoms with Crippen molar-refractivity contribution < 1.29 is 9.53 Å². The summed E-state index contributed by atoms with van der Waals surface area (Å²) in [6.07, 6.45) is 2.28. The first kappa shape index (κ1) is 13.9. The predicted molar refractivity (Wildman–Crippen MR) is 78.8 cm³/mol. The van der Waals surface area contributed by atoms with Crippen LogP contribution in [-0.2, 0) is 4.74 Å². The maximum atomic E-state index is 12.6. The quantitative estimate of drug-likeness (QED) is 0.884. The molecule has 2 aromatic rings. The van der Waals surface area contributed by atoms with Gasteiger partial charge >= 0.3 is 0 Å². The Hall–Kier alpha value is -2.05. The lowest BCUT2D eigenvalue weighted by atomic mass is 10.0. The number of carbonyl (C=O) groups excluding carboxylic acids is 1. The molecular weight excluding hydrogens is 268 g/mol. The Bertz CT molecular complexity index is 661. The summed E-state index contributed by atoms with van der Waals surface area (Å²) >= 11 is 0. The van der Waals surface area contributed by atoms with Crippen LogP contribution in [0.15, 0.2) is 30.5 Å². The monoisotopic (exact) mass is 286 g/mol. The number of ether oxygens (including phenoxy) is 1. The van der Waals surface area contributed by atoms with Gasteiger partial charge in [0.25, 0.3) is 5.91 Å². The van der Waals surface area contributed by atoms with Crippen molar-refractivity contribution in [2.45, 2.75) is 18.6 Å². The van der Waals surface area contributed by atoms with Gasteiger partial charge in [-0.25, -0.2) is 9.97 Å². The zero-order valence-corrected chi connectivity index (χ0v) is 11.9. The van der Waals surface area contributed by atoms with Gasteiger partial charge in [-0.1, -0.05) is 0 Å². The molecule has 2 aromatic heterocycles. The summed E-state index contributed by atoms with van der Waals surface area (Å²) in [7, 11) is 1.62. The minimum Gasteiger partial charge on any atom is -0.378 e. The van der Waals surface area contributed by atoms with Crippen LogP contribution in [0.5, 0.6) is 0 Å². The molecule has 1 aliphatic rings. The Labute approximate surface area is 122 Å². The van der Waals surface area contributed by atoms with Crippen molar-refractivity contribution in [2.75, 3.05) is 20.2 Å². The average Bonchev–Trinajstić information content (AvgIpc) is 2.54. The van der Waals surface area contributed by atoms with Crippen LogP contribution in [0.25, 0.3) is 11.0 Å². The number of nitrogens with two attached hydrogens (primary N) is 1. The van der Waals surface area contributed by atoms with E-state index in [1.54, 1.807) is 24.3 Å². The van der Waals surface area contributed by atoms with Gasteiger partial charge in [0.05, 0.1) is 6.10 Å². The SMILES string of the molecule is CO[C@@H]1CN(C(=O)c2ccc3cccnc3n2)CC[C@@H]1N. The van der Waals surface area contributed by atoms with Gasteiger partial charge in [0.1, 0.15) is 5.69 Å². The third kappa shape index (κ3) is 2.72. The number of hydrogen-bond acceptors (Lipinski definition) is 5. The van der Waals surface area contributed by atoms with E-state index in [9.17, 15) is 4.79 Å². The maximum absolute atomic E-state index is 12.6. The van der Waals surface area contributed by atoms with Gasteiger partial charge in [-0.15, -0.1) is 0 Å². The second kappa shape index (κ2) is 5.75. The Kier molecular flexibility index (Phi) is 3.81. The van der Waals surface area contributed by atoms with Crippen LogP contribution in [0.2, 0.25) is 0 Å². The standard InChI is InChI=1S/C15H18N4O2/c1-21-13-9-19(8-6-11(13)16)15(20)12-5-4-10-3-2-7-17-14(10)18-12/h2-5,7,11,13H,6,8-9,16H2,1H3/t11-,13+/m0/s1. The highest BCUT2D eigenvalue weighted by atomic mass is 16.5. The van der Waals surface area contributed by atoms with E-state index >= 15 is 0 Å². The van der Waals surface area contributed by atoms with E-state index in [-0.39, 0.29) is 18.1 Å². The topological polar surface area (TPSA) is 81.3 Å². The van der Waals surface area contributed by atoms with E-state index in [1.807, 2.05) is 18.2 Å². The van der Waals surface area contributed by atoms with Crippen LogP contribution in [0, 0.1) is 0 Å². The zero-order chi connectivity index (χ0) is 14.8. The van der Waals surface area contributed by atoms with Gasteiger partial charge in [0, 0.05) is 37.8 Å². The average molecular weight is 286 g/mol. The van der Waals surface area contributed by atoms with Crippen molar-refractivity contribution in [3.63, 3.8) is 0 Å². The van der Waals surface area contributed by atoms with Gasteiger partial charge < -0.3 is 15.4 Å². The molecular formula is C15H18N4O2. The number of rotatable bonds is 2. The fourth-order valence-electron chi connectivity index (χ4n) is 2.60. The van der Waals surface area contributed by atoms with E-state index in [1.165, 1.54) is 0 Å². The predicted octanol–water partition coefficient (Wildman–Crippen LogP) is 0.818. The second-order valence-electron chi connectivity index (χ2n) is 5.22. The first-order chi connectivity index (χ1) is 10.2. The summed E-state index contributed by atoms with van der Waals surface area (Å²) in [5, 5.41) is 0.921. The molecule has 3 heterocycles. The molecule has 0 radical (unpaired) electrons. The van der Waals surface area contributed by atoms with Crippen molar-refractivity contribution in [3.8, 4) is 0 Å². The summed E-state index contributed by atoms with van der Waals surface area (Å²) in [6.45, 7) is 1.13. The van der Waals surface area contributed by atoms with Gasteiger partial charge in [-0.3, -0.25) is 4.79 Å². The molecule has 2 N–H and O–H groups in total. The summed E-state index contributed by atoms with van der Waals surface area (Å²) in [6, 6.07) is 7.35. The first-order valence-corrected chi connectivity index (χ1v) is 6.98. The van der Waals surface area contributed by atoms with Gasteiger partial charge in [-0.2, -0.15) is 0 Å². The molecule has 3 rings (SSSR count). The molecule has 1 fully saturated rings. The highest BCUT2D eigenvalue weighted by molar-refractivity contribution is 5.94. The number of piperidine rings is 1. The number of likely N-dealkylation sites (tertiary alicyclic amines) is 1. The van der Waals surface area contributed by atoms with E-state index in [4.69, 9.17) is 10.5 Å². The minimum atomic E-state index is -0.124. The number of aromatic nitrogens is 2. The molecule has 21 heavy (non-hydrogen) atoms. The zero-order valence-electron chi connectivity index (χ0n) is 11.9. The molecule has 0 unspecified atom stereocenters. The Morgan fingerprint density at radius 3 is 3.10 bits per heavy atom. The third-order valence-electron chi connectivity index (χ3n) is 3.88. The molecule has 0 aliphatic carbocycles. The summed E-state index contributed by atoms with van der Waals surface area (Å²) in [4.78, 5) is 22.8. The Morgan fingerprint density at radius 1 is 1.43 bits per heavy atom. The fourth-order valence-corrected chi connectivity index (χ4v) is 2.60. The molecule has 1 amide bonds. The van der Waals surface area contributed by atoms with Crippen molar-refractivity contribution in [3.05, 3.63) is 36.2 Å². The van der Waals surface area contributed by atoms with Gasteiger partial charge in [0.2, 0.25) is 0 Å². The number of pyridine rings is 2. The highest BCUT2D eigenvalue weighted by Crippen LogP contribution is 2.16. The lowest BCUT2D eigenvalue weighted by Gasteiger charge is -2.35. The van der Waals surface area contributed by atoms with Gasteiger partial charge in [0.15, 0.2) is 5.65 Å². The molecule has 2 atom stereocenters. The number of hydrogen-bond donors (Lipinski definition) is 1. The molecule has 6 nitrogen and oxygen atoms in total. The number of amides is 1. The molecule has 1 aliphatic heterocycles. The van der Waals surface area contributed by atoms with Crippen LogP contribution in [0.1, 0.15) is 16.9 Å². The molecule has 1 saturated heterocycles. The van der Waals surface area contributed by atoms with Crippen LogP contribution in [-0.4, -0.2) is 53.1 Å². The smallest absolute Gasteiger partial charge is 0.272 e.